The molecule has 0 saturated carbocycles. The molecule has 1 aliphatic carbocycles. The van der Waals surface area contributed by atoms with Crippen molar-refractivity contribution in [2.45, 2.75) is 32.1 Å². The van der Waals surface area contributed by atoms with Gasteiger partial charge in [-0.15, -0.1) is 0 Å². The van der Waals surface area contributed by atoms with Crippen LogP contribution in [0.5, 0.6) is 5.75 Å². The standard InChI is InChI=1S/C27H27ClN4O3/c1-31-21-11-7-6-10-19(21)23-24(26(33)29-15-14-17-8-4-3-5-9-17)30-32(27(34)25(23)31)18-12-13-22(35-2)20(28)16-18/h6-8,10-13,16H,3-5,9,14-15H2,1-2H3,(H,29,33). The largest absolute Gasteiger partial charge is 0.495 e. The van der Waals surface area contributed by atoms with E-state index >= 15 is 0 Å². The van der Waals surface area contributed by atoms with Gasteiger partial charge < -0.3 is 14.6 Å². The quantitative estimate of drug-likeness (QED) is 0.379. The summed E-state index contributed by atoms with van der Waals surface area (Å²) in [7, 11) is 3.35. The van der Waals surface area contributed by atoms with Crippen LogP contribution in [0.1, 0.15) is 42.6 Å². The minimum Gasteiger partial charge on any atom is -0.495 e. The minimum atomic E-state index is -0.330. The van der Waals surface area contributed by atoms with E-state index in [-0.39, 0.29) is 17.2 Å². The summed E-state index contributed by atoms with van der Waals surface area (Å²) in [5, 5.41) is 9.31. The number of allylic oxidation sites excluding steroid dienone is 1. The second-order valence-corrected chi connectivity index (χ2v) is 9.21. The van der Waals surface area contributed by atoms with E-state index in [2.05, 4.69) is 16.5 Å². The van der Waals surface area contributed by atoms with Gasteiger partial charge >= 0.3 is 0 Å². The van der Waals surface area contributed by atoms with E-state index < -0.39 is 0 Å². The Hall–Kier alpha value is -3.58. The van der Waals surface area contributed by atoms with Crippen LogP contribution in [-0.4, -0.2) is 33.9 Å². The Morgan fingerprint density at radius 3 is 2.77 bits per heavy atom. The molecule has 7 nitrogen and oxygen atoms in total. The molecule has 180 valence electrons. The van der Waals surface area contributed by atoms with Gasteiger partial charge in [0.05, 0.1) is 17.8 Å². The van der Waals surface area contributed by atoms with E-state index in [0.29, 0.717) is 33.9 Å². The zero-order valence-electron chi connectivity index (χ0n) is 19.8. The van der Waals surface area contributed by atoms with Gasteiger partial charge in [-0.3, -0.25) is 9.59 Å². The fourth-order valence-corrected chi connectivity index (χ4v) is 5.10. The first-order valence-electron chi connectivity index (χ1n) is 11.8. The van der Waals surface area contributed by atoms with Crippen LogP contribution in [0.2, 0.25) is 5.02 Å². The molecule has 35 heavy (non-hydrogen) atoms. The highest BCUT2D eigenvalue weighted by atomic mass is 35.5. The molecule has 2 aromatic heterocycles. The number of methoxy groups -OCH3 is 1. The third kappa shape index (κ3) is 4.21. The molecule has 0 unspecified atom stereocenters. The van der Waals surface area contributed by atoms with Crippen molar-refractivity contribution in [3.05, 3.63) is 75.2 Å². The average molecular weight is 491 g/mol. The van der Waals surface area contributed by atoms with E-state index in [1.165, 1.54) is 30.2 Å². The Bertz CT molecular complexity index is 1530. The second-order valence-electron chi connectivity index (χ2n) is 8.80. The molecule has 0 atom stereocenters. The normalized spacial score (nSPS) is 13.7. The summed E-state index contributed by atoms with van der Waals surface area (Å²) in [5.41, 5.74) is 2.98. The Kier molecular flexibility index (Phi) is 6.34. The highest BCUT2D eigenvalue weighted by Gasteiger charge is 2.23. The van der Waals surface area contributed by atoms with E-state index in [9.17, 15) is 9.59 Å². The highest BCUT2D eigenvalue weighted by molar-refractivity contribution is 6.32. The third-order valence-electron chi connectivity index (χ3n) is 6.65. The van der Waals surface area contributed by atoms with Gasteiger partial charge in [0, 0.05) is 29.9 Å². The van der Waals surface area contributed by atoms with Crippen molar-refractivity contribution in [3.8, 4) is 11.4 Å². The maximum atomic E-state index is 13.6. The fraction of sp³-hybridized carbons (Fsp3) is 0.296. The lowest BCUT2D eigenvalue weighted by atomic mass is 9.97. The Morgan fingerprint density at radius 2 is 2.03 bits per heavy atom. The zero-order valence-corrected chi connectivity index (χ0v) is 20.6. The van der Waals surface area contributed by atoms with Gasteiger partial charge in [0.25, 0.3) is 11.5 Å². The first-order chi connectivity index (χ1) is 17.0. The smallest absolute Gasteiger partial charge is 0.296 e. The number of para-hydroxylation sites is 1. The number of hydrogen-bond acceptors (Lipinski definition) is 4. The molecule has 2 heterocycles. The van der Waals surface area contributed by atoms with Crippen molar-refractivity contribution in [1.82, 2.24) is 19.7 Å². The average Bonchev–Trinajstić information content (AvgIpc) is 3.18. The maximum absolute atomic E-state index is 13.6. The molecule has 2 aromatic carbocycles. The summed E-state index contributed by atoms with van der Waals surface area (Å²) in [5.74, 6) is 0.181. The number of rotatable bonds is 6. The molecule has 0 bridgehead atoms. The molecule has 0 radical (unpaired) electrons. The molecule has 0 fully saturated rings. The zero-order chi connectivity index (χ0) is 24.5. The van der Waals surface area contributed by atoms with Crippen LogP contribution >= 0.6 is 11.6 Å². The number of fused-ring (bicyclic) bond motifs is 3. The minimum absolute atomic E-state index is 0.209. The second kappa shape index (κ2) is 9.58. The van der Waals surface area contributed by atoms with Crippen molar-refractivity contribution >= 4 is 39.3 Å². The van der Waals surface area contributed by atoms with E-state index in [4.69, 9.17) is 16.3 Å². The lowest BCUT2D eigenvalue weighted by Crippen LogP contribution is -2.31. The number of carbonyl (C=O) groups is 1. The summed E-state index contributed by atoms with van der Waals surface area (Å²) in [6, 6.07) is 12.6. The number of hydrogen-bond donors (Lipinski definition) is 1. The van der Waals surface area contributed by atoms with Gasteiger partial charge in [0.1, 0.15) is 11.3 Å². The van der Waals surface area contributed by atoms with Crippen molar-refractivity contribution < 1.29 is 9.53 Å². The Balaban J connectivity index is 1.63. The SMILES string of the molecule is COc1ccc(-n2nc(C(=O)NCCC3=CCCCC3)c3c4ccccc4n(C)c3c2=O)cc1Cl. The molecule has 4 aromatic rings. The van der Waals surface area contributed by atoms with Gasteiger partial charge in [-0.2, -0.15) is 9.78 Å². The van der Waals surface area contributed by atoms with Crippen LogP contribution in [0, 0.1) is 0 Å². The third-order valence-corrected chi connectivity index (χ3v) is 6.95. The summed E-state index contributed by atoms with van der Waals surface area (Å²) in [4.78, 5) is 27.1. The van der Waals surface area contributed by atoms with Gasteiger partial charge in [-0.1, -0.05) is 41.4 Å². The number of amides is 1. The number of aromatic nitrogens is 3. The summed E-state index contributed by atoms with van der Waals surface area (Å²) >= 11 is 6.33. The highest BCUT2D eigenvalue weighted by Crippen LogP contribution is 2.30. The van der Waals surface area contributed by atoms with Gasteiger partial charge in [0.2, 0.25) is 0 Å². The molecular weight excluding hydrogens is 464 g/mol. The molecule has 1 aliphatic rings. The molecule has 0 saturated heterocycles. The molecule has 0 aliphatic heterocycles. The number of carbonyl (C=O) groups excluding carboxylic acids is 1. The predicted molar refractivity (Wildman–Crippen MR) is 139 cm³/mol. The summed E-state index contributed by atoms with van der Waals surface area (Å²) < 4.78 is 8.30. The lowest BCUT2D eigenvalue weighted by molar-refractivity contribution is 0.0949. The number of benzene rings is 2. The van der Waals surface area contributed by atoms with Gasteiger partial charge in [-0.25, -0.2) is 0 Å². The van der Waals surface area contributed by atoms with Crippen molar-refractivity contribution in [2.75, 3.05) is 13.7 Å². The van der Waals surface area contributed by atoms with E-state index in [1.807, 2.05) is 35.9 Å². The molecule has 0 spiro atoms. The van der Waals surface area contributed by atoms with Crippen LogP contribution in [-0.2, 0) is 7.05 Å². The lowest BCUT2D eigenvalue weighted by Gasteiger charge is -2.14. The molecule has 1 amide bonds. The van der Waals surface area contributed by atoms with Crippen LogP contribution < -0.4 is 15.6 Å². The van der Waals surface area contributed by atoms with Gasteiger partial charge in [-0.05, 0) is 56.4 Å². The summed E-state index contributed by atoms with van der Waals surface area (Å²) in [6.07, 6.45) is 7.73. The van der Waals surface area contributed by atoms with E-state index in [1.54, 1.807) is 18.2 Å². The van der Waals surface area contributed by atoms with Gasteiger partial charge in [0.15, 0.2) is 5.69 Å². The number of nitrogens with one attached hydrogen (secondary N) is 1. The fourth-order valence-electron chi connectivity index (χ4n) is 4.85. The molecule has 1 N–H and O–H groups in total. The Labute approximate surface area is 207 Å². The monoisotopic (exact) mass is 490 g/mol. The maximum Gasteiger partial charge on any atom is 0.296 e. The molecular formula is C27H27ClN4O3. The van der Waals surface area contributed by atoms with Crippen molar-refractivity contribution in [3.63, 3.8) is 0 Å². The van der Waals surface area contributed by atoms with Crippen LogP contribution in [0.3, 0.4) is 0 Å². The number of ether oxygens (including phenoxy) is 1. The first kappa shape index (κ1) is 23.2. The number of halogens is 1. The Morgan fingerprint density at radius 1 is 1.20 bits per heavy atom. The van der Waals surface area contributed by atoms with Crippen LogP contribution in [0.25, 0.3) is 27.5 Å². The molecule has 8 heteroatoms. The van der Waals surface area contributed by atoms with Crippen molar-refractivity contribution in [2.24, 2.45) is 7.05 Å². The summed E-state index contributed by atoms with van der Waals surface area (Å²) in [6.45, 7) is 0.520. The van der Waals surface area contributed by atoms with Crippen LogP contribution in [0.15, 0.2) is 58.9 Å². The number of nitrogens with zero attached hydrogens (tertiary/aromatic N) is 3. The topological polar surface area (TPSA) is 78.2 Å². The van der Waals surface area contributed by atoms with E-state index in [0.717, 1.165) is 30.2 Å². The van der Waals surface area contributed by atoms with Crippen molar-refractivity contribution in [1.29, 1.82) is 0 Å². The number of aryl methyl sites for hydroxylation is 1. The first-order valence-corrected chi connectivity index (χ1v) is 12.2. The predicted octanol–water partition coefficient (Wildman–Crippen LogP) is 5.16. The molecule has 5 rings (SSSR count). The van der Waals surface area contributed by atoms with Crippen LogP contribution in [0.4, 0.5) is 0 Å².